The molecule has 0 radical (unpaired) electrons. The highest BCUT2D eigenvalue weighted by Gasteiger charge is 2.01. The van der Waals surface area contributed by atoms with Crippen molar-refractivity contribution in [1.29, 1.82) is 1.34 Å². The molecule has 0 bridgehead atoms. The Bertz CT molecular complexity index is 208. The predicted molar refractivity (Wildman–Crippen MR) is 45.7 cm³/mol. The first-order valence-electron chi connectivity index (χ1n) is 4.36. The quantitative estimate of drug-likeness (QED) is 0.189. The van der Waals surface area contributed by atoms with E-state index in [1.54, 1.807) is 0 Å². The first-order chi connectivity index (χ1) is 6.18. The molecule has 0 aliphatic heterocycles. The summed E-state index contributed by atoms with van der Waals surface area (Å²) in [6, 6.07) is 0. The molecule has 0 spiro atoms. The average Bonchev–Trinajstić information content (AvgIpc) is 2.10. The van der Waals surface area contributed by atoms with Crippen LogP contribution in [0.5, 0.6) is 0 Å². The van der Waals surface area contributed by atoms with Gasteiger partial charge in [0, 0.05) is 12.8 Å². The summed E-state index contributed by atoms with van der Waals surface area (Å²) >= 11 is 0. The van der Waals surface area contributed by atoms with Crippen LogP contribution in [0.25, 0.3) is 10.4 Å². The number of halogens is 1. The largest absolute Gasteiger partial charge is 0.404 e. The highest BCUT2D eigenvalue weighted by Crippen LogP contribution is 2.00. The number of carbonyl (C=O) groups excluding carboxylic acids is 1. The maximum atomic E-state index is 12.0. The van der Waals surface area contributed by atoms with Crippen LogP contribution in [-0.4, -0.2) is 21.1 Å². The first kappa shape index (κ1) is 9.07. The highest BCUT2D eigenvalue weighted by molar-refractivity contribution is 6.68. The van der Waals surface area contributed by atoms with E-state index in [0.29, 0.717) is 19.4 Å². The van der Waals surface area contributed by atoms with Crippen LogP contribution < -0.4 is 0 Å². The highest BCUT2D eigenvalue weighted by atomic mass is 19.1. The molecular formula is C6H11BFN3O. The minimum Gasteiger partial charge on any atom is -0.331 e. The van der Waals surface area contributed by atoms with Crippen molar-refractivity contribution in [1.82, 2.24) is 0 Å². The summed E-state index contributed by atoms with van der Waals surface area (Å²) in [7, 11) is -2.10. The third-order valence-corrected chi connectivity index (χ3v) is 1.37. The molecule has 0 aliphatic rings. The molecule has 4 nitrogen and oxygen atoms in total. The Morgan fingerprint density at radius 2 is 2.42 bits per heavy atom. The van der Waals surface area contributed by atoms with Gasteiger partial charge < -0.3 is 9.11 Å². The van der Waals surface area contributed by atoms with Gasteiger partial charge in [-0.05, 0) is 24.8 Å². The lowest BCUT2D eigenvalue weighted by Gasteiger charge is -1.94. The van der Waals surface area contributed by atoms with Crippen molar-refractivity contribution in [3.63, 3.8) is 0 Å². The zero-order chi connectivity index (χ0) is 10.1. The van der Waals surface area contributed by atoms with Crippen LogP contribution in [-0.2, 0) is 4.79 Å². The molecule has 0 unspecified atom stereocenters. The molecule has 0 aliphatic carbocycles. The molecule has 0 saturated heterocycles. The molecule has 0 aromatic carbocycles. The fourth-order valence-corrected chi connectivity index (χ4v) is 0.758. The van der Waals surface area contributed by atoms with Crippen LogP contribution in [0.3, 0.4) is 0 Å². The summed E-state index contributed by atoms with van der Waals surface area (Å²) in [5.74, 6) is 0. The fraction of sp³-hybridized carbons (Fsp3) is 0.833. The summed E-state index contributed by atoms with van der Waals surface area (Å²) in [5, 5.41) is 3.31. The second kappa shape index (κ2) is 8.08. The summed E-state index contributed by atoms with van der Waals surface area (Å²) in [6.45, 7) is 0.407. The summed E-state index contributed by atoms with van der Waals surface area (Å²) in [6.07, 6.45) is 2.07. The van der Waals surface area contributed by atoms with Crippen molar-refractivity contribution in [2.45, 2.75) is 25.7 Å². The average molecular weight is 172 g/mol. The van der Waals surface area contributed by atoms with E-state index >= 15 is 0 Å². The third kappa shape index (κ3) is 7.09. The minimum absolute atomic E-state index is 0.0981. The van der Waals surface area contributed by atoms with Crippen molar-refractivity contribution >= 4 is 13.2 Å². The van der Waals surface area contributed by atoms with Gasteiger partial charge in [-0.25, -0.2) is 0 Å². The van der Waals surface area contributed by atoms with Gasteiger partial charge in [0.25, 0.3) is 0 Å². The number of rotatable bonds is 7. The Labute approximate surface area is 72.4 Å². The van der Waals surface area contributed by atoms with E-state index < -0.39 is 13.2 Å². The van der Waals surface area contributed by atoms with E-state index in [0.717, 1.165) is 6.42 Å². The zero-order valence-corrected chi connectivity index (χ0v) is 6.74. The molecule has 0 N–H and O–H groups in total. The van der Waals surface area contributed by atoms with E-state index in [9.17, 15) is 9.11 Å². The first-order valence-corrected chi connectivity index (χ1v) is 3.78. The van der Waals surface area contributed by atoms with E-state index in [1.807, 2.05) is 0 Å². The van der Waals surface area contributed by atoms with Gasteiger partial charge in [0.05, 0.1) is 0 Å². The van der Waals surface area contributed by atoms with Gasteiger partial charge in [0.15, 0.2) is 0 Å². The monoisotopic (exact) mass is 172 g/mol. The Hall–Kier alpha value is -1.03. The molecule has 0 amide bonds. The lowest BCUT2D eigenvalue weighted by atomic mass is 9.92. The van der Waals surface area contributed by atoms with Crippen LogP contribution in [0.2, 0.25) is 0 Å². The number of azide groups is 1. The molecule has 6 heteroatoms. The van der Waals surface area contributed by atoms with Crippen LogP contribution in [0.15, 0.2) is 5.11 Å². The molecule has 0 atom stereocenters. The number of hydrogen-bond acceptors (Lipinski definition) is 2. The van der Waals surface area contributed by atoms with Crippen molar-refractivity contribution in [2.24, 2.45) is 5.11 Å². The van der Waals surface area contributed by atoms with E-state index in [2.05, 4.69) is 10.0 Å². The Kier molecular flexibility index (Phi) is 6.10. The van der Waals surface area contributed by atoms with Crippen molar-refractivity contribution in [2.75, 3.05) is 6.54 Å². The van der Waals surface area contributed by atoms with Crippen molar-refractivity contribution < 1.29 is 9.11 Å². The van der Waals surface area contributed by atoms with Crippen LogP contribution >= 0.6 is 0 Å². The van der Waals surface area contributed by atoms with Crippen LogP contribution in [0, 0.1) is 0 Å². The Balaban J connectivity index is 3.25. The van der Waals surface area contributed by atoms with Gasteiger partial charge in [-0.3, -0.25) is 0 Å². The number of unbranched alkanes of at least 4 members (excludes halogenated alkanes) is 2. The van der Waals surface area contributed by atoms with Gasteiger partial charge in [-0.2, -0.15) is 0 Å². The maximum Gasteiger partial charge on any atom is 0.404 e. The zero-order valence-electron chi connectivity index (χ0n) is 7.74. The molecule has 66 valence electrons. The second-order valence-corrected chi connectivity index (χ2v) is 2.34. The van der Waals surface area contributed by atoms with Gasteiger partial charge >= 0.3 is 7.52 Å². The van der Waals surface area contributed by atoms with Crippen LogP contribution in [0.4, 0.5) is 4.32 Å². The standard InChI is InChI=1S/C6H11BFN3O/c8-7-6(12)4-2-1-3-5-10-11-9/h7H,1-5H2/i7D. The van der Waals surface area contributed by atoms with E-state index in [4.69, 9.17) is 6.87 Å². The molecular weight excluding hydrogens is 160 g/mol. The topological polar surface area (TPSA) is 65.8 Å². The number of hydrogen-bond donors (Lipinski definition) is 0. The van der Waals surface area contributed by atoms with Crippen LogP contribution in [0.1, 0.15) is 25.7 Å². The normalized spacial score (nSPS) is 9.92. The van der Waals surface area contributed by atoms with Gasteiger partial charge in [-0.15, -0.1) is 0 Å². The lowest BCUT2D eigenvalue weighted by molar-refractivity contribution is -0.112. The van der Waals surface area contributed by atoms with E-state index in [1.165, 1.54) is 0 Å². The molecule has 0 rings (SSSR count). The third-order valence-electron chi connectivity index (χ3n) is 1.37. The maximum absolute atomic E-state index is 12.0. The molecule has 0 heterocycles. The molecule has 0 saturated carbocycles. The van der Waals surface area contributed by atoms with Gasteiger partial charge in [0.2, 0.25) is 0 Å². The van der Waals surface area contributed by atoms with Gasteiger partial charge in [-0.1, -0.05) is 11.5 Å². The molecule has 12 heavy (non-hydrogen) atoms. The Morgan fingerprint density at radius 3 is 3.00 bits per heavy atom. The van der Waals surface area contributed by atoms with E-state index in [-0.39, 0.29) is 6.42 Å². The van der Waals surface area contributed by atoms with Crippen molar-refractivity contribution in [3.8, 4) is 0 Å². The number of carbonyl (C=O) groups is 1. The SMILES string of the molecule is [2H]B(F)C(=O)CCCCCN=[N+]=[N-]. The molecule has 0 fully saturated rings. The number of nitrogens with zero attached hydrogens (tertiary/aromatic N) is 3. The molecule has 0 aromatic rings. The lowest BCUT2D eigenvalue weighted by Crippen LogP contribution is -2.02. The summed E-state index contributed by atoms with van der Waals surface area (Å²) < 4.78 is 18.4. The summed E-state index contributed by atoms with van der Waals surface area (Å²) in [5.41, 5.74) is 7.24. The van der Waals surface area contributed by atoms with Gasteiger partial charge in [0.1, 0.15) is 5.68 Å². The fourth-order valence-electron chi connectivity index (χ4n) is 0.758. The minimum atomic E-state index is -2.10. The Morgan fingerprint density at radius 1 is 1.67 bits per heavy atom. The predicted octanol–water partition coefficient (Wildman–Crippen LogP) is 1.70. The summed E-state index contributed by atoms with van der Waals surface area (Å²) in [4.78, 5) is 13.2. The molecule has 0 aromatic heterocycles. The second-order valence-electron chi connectivity index (χ2n) is 2.34. The van der Waals surface area contributed by atoms with Crippen molar-refractivity contribution in [3.05, 3.63) is 10.4 Å². The smallest absolute Gasteiger partial charge is 0.331 e.